The lowest BCUT2D eigenvalue weighted by Crippen LogP contribution is -2.14. The van der Waals surface area contributed by atoms with Crippen molar-refractivity contribution in [2.24, 2.45) is 0 Å². The van der Waals surface area contributed by atoms with Crippen LogP contribution in [0.25, 0.3) is 0 Å². The quantitative estimate of drug-likeness (QED) is 0.790. The summed E-state index contributed by atoms with van der Waals surface area (Å²) in [5.74, 6) is 0.738. The highest BCUT2D eigenvalue weighted by Crippen LogP contribution is 2.26. The highest BCUT2D eigenvalue weighted by molar-refractivity contribution is 5.41. The molecule has 14 heavy (non-hydrogen) atoms. The lowest BCUT2D eigenvalue weighted by Gasteiger charge is -2.10. The summed E-state index contributed by atoms with van der Waals surface area (Å²) < 4.78 is 4.97. The molecule has 3 heteroatoms. The Bertz CT molecular complexity index is 297. The molecule has 0 amide bonds. The van der Waals surface area contributed by atoms with E-state index in [1.807, 2.05) is 20.2 Å². The molecule has 1 rings (SSSR count). The minimum absolute atomic E-state index is 0.212. The average molecular weight is 195 g/mol. The predicted octanol–water partition coefficient (Wildman–Crippen LogP) is 1.50. The van der Waals surface area contributed by atoms with Gasteiger partial charge in [-0.15, -0.1) is 0 Å². The topological polar surface area (TPSA) is 32.7 Å². The van der Waals surface area contributed by atoms with Crippen LogP contribution in [-0.2, 0) is 6.42 Å². The maximum Gasteiger partial charge on any atom is 0.160 e. The molecule has 0 saturated carbocycles. The maximum atomic E-state index is 9.52. The number of phenolic OH excluding ortho intramolecular Hbond substituents is 1. The fourth-order valence-corrected chi connectivity index (χ4v) is 1.24. The molecule has 0 spiro atoms. The van der Waals surface area contributed by atoms with Crippen molar-refractivity contribution in [2.45, 2.75) is 6.42 Å². The van der Waals surface area contributed by atoms with Crippen LogP contribution in [0.3, 0.4) is 0 Å². The van der Waals surface area contributed by atoms with Crippen LogP contribution in [0.15, 0.2) is 18.2 Å². The number of hydrogen-bond acceptors (Lipinski definition) is 3. The lowest BCUT2D eigenvalue weighted by molar-refractivity contribution is 0.372. The molecule has 0 radical (unpaired) electrons. The van der Waals surface area contributed by atoms with Gasteiger partial charge in [0.25, 0.3) is 0 Å². The molecule has 0 unspecified atom stereocenters. The van der Waals surface area contributed by atoms with Gasteiger partial charge in [0.15, 0.2) is 11.5 Å². The molecule has 1 aromatic carbocycles. The van der Waals surface area contributed by atoms with Gasteiger partial charge in [0, 0.05) is 6.54 Å². The van der Waals surface area contributed by atoms with E-state index < -0.39 is 0 Å². The van der Waals surface area contributed by atoms with E-state index in [1.165, 1.54) is 0 Å². The Balaban J connectivity index is 2.66. The molecule has 0 aromatic heterocycles. The Hall–Kier alpha value is -1.22. The Labute approximate surface area is 84.9 Å². The van der Waals surface area contributed by atoms with Crippen molar-refractivity contribution >= 4 is 0 Å². The van der Waals surface area contributed by atoms with Gasteiger partial charge >= 0.3 is 0 Å². The van der Waals surface area contributed by atoms with Crippen molar-refractivity contribution in [1.82, 2.24) is 4.90 Å². The first-order chi connectivity index (χ1) is 6.63. The normalized spacial score (nSPS) is 10.6. The number of hydrogen-bond donors (Lipinski definition) is 1. The second-order valence-electron chi connectivity index (χ2n) is 3.56. The number of ether oxygens (including phenoxy) is 1. The summed E-state index contributed by atoms with van der Waals surface area (Å²) in [6.07, 6.45) is 0.935. The van der Waals surface area contributed by atoms with E-state index in [2.05, 4.69) is 4.90 Å². The van der Waals surface area contributed by atoms with Crippen LogP contribution in [0.5, 0.6) is 11.5 Å². The first kappa shape index (κ1) is 10.9. The summed E-state index contributed by atoms with van der Waals surface area (Å²) in [7, 11) is 5.61. The molecule has 0 heterocycles. The van der Waals surface area contributed by atoms with Crippen molar-refractivity contribution in [2.75, 3.05) is 27.7 Å². The zero-order valence-electron chi connectivity index (χ0n) is 8.95. The standard InChI is InChI=1S/C11H17NO2/c1-12(2)7-6-9-4-5-11(14-3)10(13)8-9/h4-5,8,13H,6-7H2,1-3H3. The van der Waals surface area contributed by atoms with E-state index >= 15 is 0 Å². The smallest absolute Gasteiger partial charge is 0.160 e. The van der Waals surface area contributed by atoms with Gasteiger partial charge in [-0.25, -0.2) is 0 Å². The van der Waals surface area contributed by atoms with E-state index in [0.29, 0.717) is 5.75 Å². The zero-order valence-corrected chi connectivity index (χ0v) is 8.95. The first-order valence-corrected chi connectivity index (χ1v) is 4.64. The highest BCUT2D eigenvalue weighted by atomic mass is 16.5. The van der Waals surface area contributed by atoms with Crippen molar-refractivity contribution in [1.29, 1.82) is 0 Å². The number of aromatic hydroxyl groups is 1. The van der Waals surface area contributed by atoms with Gasteiger partial charge in [-0.2, -0.15) is 0 Å². The molecule has 0 aliphatic rings. The van der Waals surface area contributed by atoms with Crippen LogP contribution in [0, 0.1) is 0 Å². The molecule has 0 fully saturated rings. The van der Waals surface area contributed by atoms with E-state index in [9.17, 15) is 5.11 Å². The summed E-state index contributed by atoms with van der Waals surface area (Å²) in [5, 5.41) is 9.52. The van der Waals surface area contributed by atoms with Crippen LogP contribution in [-0.4, -0.2) is 37.8 Å². The van der Waals surface area contributed by atoms with Gasteiger partial charge < -0.3 is 14.7 Å². The number of likely N-dealkylation sites (N-methyl/N-ethyl adjacent to an activating group) is 1. The lowest BCUT2D eigenvalue weighted by atomic mass is 10.1. The highest BCUT2D eigenvalue weighted by Gasteiger charge is 2.02. The van der Waals surface area contributed by atoms with Gasteiger partial charge in [-0.1, -0.05) is 6.07 Å². The Kier molecular flexibility index (Phi) is 3.77. The van der Waals surface area contributed by atoms with Crippen molar-refractivity contribution < 1.29 is 9.84 Å². The fourth-order valence-electron chi connectivity index (χ4n) is 1.24. The van der Waals surface area contributed by atoms with Crippen LogP contribution in [0.2, 0.25) is 0 Å². The molecule has 0 saturated heterocycles. The van der Waals surface area contributed by atoms with Gasteiger partial charge in [-0.05, 0) is 38.2 Å². The summed E-state index contributed by atoms with van der Waals surface area (Å²) in [6.45, 7) is 0.978. The SMILES string of the molecule is COc1ccc(CCN(C)C)cc1O. The number of rotatable bonds is 4. The minimum Gasteiger partial charge on any atom is -0.504 e. The van der Waals surface area contributed by atoms with E-state index in [0.717, 1.165) is 18.5 Å². The summed E-state index contributed by atoms with van der Waals surface area (Å²) in [6, 6.07) is 5.52. The maximum absolute atomic E-state index is 9.52. The third kappa shape index (κ3) is 2.92. The summed E-state index contributed by atoms with van der Waals surface area (Å²) >= 11 is 0. The fraction of sp³-hybridized carbons (Fsp3) is 0.455. The average Bonchev–Trinajstić information content (AvgIpc) is 2.15. The second kappa shape index (κ2) is 4.86. The van der Waals surface area contributed by atoms with Crippen LogP contribution in [0.1, 0.15) is 5.56 Å². The molecule has 1 aromatic rings. The van der Waals surface area contributed by atoms with Crippen molar-refractivity contribution in [3.63, 3.8) is 0 Å². The molecule has 78 valence electrons. The Morgan fingerprint density at radius 2 is 2.07 bits per heavy atom. The third-order valence-electron chi connectivity index (χ3n) is 2.09. The van der Waals surface area contributed by atoms with E-state index in [1.54, 1.807) is 19.2 Å². The van der Waals surface area contributed by atoms with Crippen LogP contribution in [0.4, 0.5) is 0 Å². The summed E-state index contributed by atoms with van der Waals surface area (Å²) in [4.78, 5) is 2.11. The predicted molar refractivity (Wildman–Crippen MR) is 56.9 cm³/mol. The number of phenols is 1. The van der Waals surface area contributed by atoms with E-state index in [-0.39, 0.29) is 5.75 Å². The molecular formula is C11H17NO2. The number of benzene rings is 1. The van der Waals surface area contributed by atoms with Crippen molar-refractivity contribution in [3.05, 3.63) is 23.8 Å². The monoisotopic (exact) mass is 195 g/mol. The molecule has 0 bridgehead atoms. The molecule has 1 N–H and O–H groups in total. The second-order valence-corrected chi connectivity index (χ2v) is 3.56. The number of methoxy groups -OCH3 is 1. The van der Waals surface area contributed by atoms with Crippen LogP contribution < -0.4 is 4.74 Å². The van der Waals surface area contributed by atoms with Crippen LogP contribution >= 0.6 is 0 Å². The first-order valence-electron chi connectivity index (χ1n) is 4.64. The Morgan fingerprint density at radius 1 is 1.36 bits per heavy atom. The Morgan fingerprint density at radius 3 is 2.57 bits per heavy atom. The van der Waals surface area contributed by atoms with Gasteiger partial charge in [-0.3, -0.25) is 0 Å². The molecule has 0 atom stereocenters. The van der Waals surface area contributed by atoms with E-state index in [4.69, 9.17) is 4.74 Å². The molecular weight excluding hydrogens is 178 g/mol. The third-order valence-corrected chi connectivity index (χ3v) is 2.09. The van der Waals surface area contributed by atoms with Gasteiger partial charge in [0.05, 0.1) is 7.11 Å². The molecule has 0 aliphatic heterocycles. The van der Waals surface area contributed by atoms with Crippen molar-refractivity contribution in [3.8, 4) is 11.5 Å². The molecule has 3 nitrogen and oxygen atoms in total. The summed E-state index contributed by atoms with van der Waals surface area (Å²) in [5.41, 5.74) is 1.12. The van der Waals surface area contributed by atoms with Gasteiger partial charge in [0.1, 0.15) is 0 Å². The zero-order chi connectivity index (χ0) is 10.6. The van der Waals surface area contributed by atoms with Gasteiger partial charge in [0.2, 0.25) is 0 Å². The molecule has 0 aliphatic carbocycles. The number of nitrogens with zero attached hydrogens (tertiary/aromatic N) is 1. The largest absolute Gasteiger partial charge is 0.504 e. The minimum atomic E-state index is 0.212.